The molecule has 1 amide bonds. The van der Waals surface area contributed by atoms with Gasteiger partial charge in [-0.1, -0.05) is 18.5 Å². The third kappa shape index (κ3) is 3.12. The molecule has 2 saturated heterocycles. The average Bonchev–Trinajstić information content (AvgIpc) is 2.82. The van der Waals surface area contributed by atoms with Gasteiger partial charge < -0.3 is 4.90 Å². The number of rotatable bonds is 3. The number of hydrogen-bond acceptors (Lipinski definition) is 4. The van der Waals surface area contributed by atoms with E-state index in [4.69, 9.17) is 11.6 Å². The number of anilines is 1. The first-order valence-electron chi connectivity index (χ1n) is 7.86. The van der Waals surface area contributed by atoms with Gasteiger partial charge in [0.2, 0.25) is 5.91 Å². The maximum Gasteiger partial charge on any atom is 0.241 e. The van der Waals surface area contributed by atoms with Crippen molar-refractivity contribution in [2.45, 2.75) is 38.4 Å². The third-order valence-corrected chi connectivity index (χ3v) is 6.85. The van der Waals surface area contributed by atoms with Gasteiger partial charge in [0.05, 0.1) is 24.1 Å². The Balaban J connectivity index is 1.99. The molecule has 0 spiro atoms. The molecular formula is C16H21ClN2O3S. The van der Waals surface area contributed by atoms with E-state index in [0.29, 0.717) is 5.02 Å². The minimum Gasteiger partial charge on any atom is -0.306 e. The van der Waals surface area contributed by atoms with Crippen LogP contribution >= 0.6 is 11.6 Å². The number of carbonyl (C=O) groups excluding carboxylic acids is 1. The number of piperazine rings is 1. The summed E-state index contributed by atoms with van der Waals surface area (Å²) in [5, 5.41) is 0.593. The Labute approximate surface area is 142 Å². The first kappa shape index (κ1) is 16.7. The number of fused-ring (bicyclic) bond motifs is 1. The van der Waals surface area contributed by atoms with Gasteiger partial charge in [0.15, 0.2) is 9.84 Å². The number of benzene rings is 1. The molecule has 2 heterocycles. The molecule has 23 heavy (non-hydrogen) atoms. The van der Waals surface area contributed by atoms with E-state index in [9.17, 15) is 13.2 Å². The molecule has 0 radical (unpaired) electrons. The van der Waals surface area contributed by atoms with Crippen molar-refractivity contribution in [3.63, 3.8) is 0 Å². The summed E-state index contributed by atoms with van der Waals surface area (Å²) in [7, 11) is -3.14. The van der Waals surface area contributed by atoms with E-state index in [1.54, 1.807) is 29.2 Å². The fourth-order valence-electron chi connectivity index (χ4n) is 3.56. The summed E-state index contributed by atoms with van der Waals surface area (Å²) in [6.07, 6.45) is 0.886. The van der Waals surface area contributed by atoms with E-state index in [0.717, 1.165) is 12.1 Å². The Bertz CT molecular complexity index is 705. The molecule has 1 aromatic carbocycles. The maximum atomic E-state index is 12.7. The number of halogens is 1. The molecule has 0 saturated carbocycles. The molecule has 0 bridgehead atoms. The highest BCUT2D eigenvalue weighted by Gasteiger charge is 2.50. The molecule has 2 aliphatic rings. The molecule has 3 rings (SSSR count). The molecule has 3 atom stereocenters. The van der Waals surface area contributed by atoms with Crippen LogP contribution in [0.4, 0.5) is 5.69 Å². The molecule has 2 fully saturated rings. The summed E-state index contributed by atoms with van der Waals surface area (Å²) in [5.74, 6) is 0.101. The van der Waals surface area contributed by atoms with Crippen LogP contribution in [0.1, 0.15) is 20.3 Å². The van der Waals surface area contributed by atoms with Gasteiger partial charge in [-0.05, 0) is 37.6 Å². The van der Waals surface area contributed by atoms with Gasteiger partial charge in [-0.15, -0.1) is 0 Å². The SMILES string of the molecule is CCC(C)N1CC(=O)N(c2ccc(Cl)cc2)[C@@H]2CS(=O)(=O)C[C@@H]21. The first-order valence-corrected chi connectivity index (χ1v) is 10.1. The number of nitrogens with zero attached hydrogens (tertiary/aromatic N) is 2. The minimum atomic E-state index is -3.14. The second kappa shape index (κ2) is 6.07. The lowest BCUT2D eigenvalue weighted by atomic mass is 10.0. The fraction of sp³-hybridized carbons (Fsp3) is 0.562. The Morgan fingerprint density at radius 2 is 1.83 bits per heavy atom. The van der Waals surface area contributed by atoms with Crippen LogP contribution in [0.25, 0.3) is 0 Å². The number of amides is 1. The summed E-state index contributed by atoms with van der Waals surface area (Å²) in [5.41, 5.74) is 0.718. The molecule has 0 aromatic heterocycles. The lowest BCUT2D eigenvalue weighted by molar-refractivity contribution is -0.124. The van der Waals surface area contributed by atoms with Crippen molar-refractivity contribution in [3.8, 4) is 0 Å². The van der Waals surface area contributed by atoms with Crippen molar-refractivity contribution in [2.75, 3.05) is 23.0 Å². The Morgan fingerprint density at radius 3 is 2.43 bits per heavy atom. The van der Waals surface area contributed by atoms with Gasteiger partial charge in [-0.3, -0.25) is 9.69 Å². The van der Waals surface area contributed by atoms with Gasteiger partial charge in [0, 0.05) is 22.8 Å². The minimum absolute atomic E-state index is 0.0268. The van der Waals surface area contributed by atoms with Crippen molar-refractivity contribution in [1.29, 1.82) is 0 Å². The highest BCUT2D eigenvalue weighted by Crippen LogP contribution is 2.33. The number of sulfone groups is 1. The quantitative estimate of drug-likeness (QED) is 0.830. The summed E-state index contributed by atoms with van der Waals surface area (Å²) >= 11 is 5.92. The van der Waals surface area contributed by atoms with Crippen molar-refractivity contribution < 1.29 is 13.2 Å². The van der Waals surface area contributed by atoms with Crippen LogP contribution in [-0.4, -0.2) is 55.4 Å². The lowest BCUT2D eigenvalue weighted by Crippen LogP contribution is -2.63. The predicted molar refractivity (Wildman–Crippen MR) is 91.6 cm³/mol. The molecule has 2 aliphatic heterocycles. The summed E-state index contributed by atoms with van der Waals surface area (Å²) < 4.78 is 24.4. The van der Waals surface area contributed by atoms with Gasteiger partial charge in [0.1, 0.15) is 0 Å². The van der Waals surface area contributed by atoms with Crippen molar-refractivity contribution >= 4 is 33.0 Å². The summed E-state index contributed by atoms with van der Waals surface area (Å²) in [4.78, 5) is 16.4. The van der Waals surface area contributed by atoms with Crippen LogP contribution in [0, 0.1) is 0 Å². The van der Waals surface area contributed by atoms with Crippen LogP contribution in [-0.2, 0) is 14.6 Å². The second-order valence-corrected chi connectivity index (χ2v) is 8.97. The van der Waals surface area contributed by atoms with E-state index in [1.165, 1.54) is 0 Å². The zero-order valence-electron chi connectivity index (χ0n) is 13.3. The highest BCUT2D eigenvalue weighted by atomic mass is 35.5. The zero-order valence-corrected chi connectivity index (χ0v) is 14.8. The van der Waals surface area contributed by atoms with Crippen LogP contribution < -0.4 is 4.90 Å². The van der Waals surface area contributed by atoms with E-state index >= 15 is 0 Å². The molecule has 1 unspecified atom stereocenters. The van der Waals surface area contributed by atoms with Gasteiger partial charge in [-0.2, -0.15) is 0 Å². The fourth-order valence-corrected chi connectivity index (χ4v) is 5.65. The Hall–Kier alpha value is -1.11. The highest BCUT2D eigenvalue weighted by molar-refractivity contribution is 7.91. The van der Waals surface area contributed by atoms with Crippen LogP contribution in [0.5, 0.6) is 0 Å². The normalized spacial score (nSPS) is 28.7. The van der Waals surface area contributed by atoms with E-state index in [-0.39, 0.29) is 42.1 Å². The largest absolute Gasteiger partial charge is 0.306 e. The smallest absolute Gasteiger partial charge is 0.241 e. The lowest BCUT2D eigenvalue weighted by Gasteiger charge is -2.45. The van der Waals surface area contributed by atoms with Gasteiger partial charge >= 0.3 is 0 Å². The predicted octanol–water partition coefficient (Wildman–Crippen LogP) is 1.95. The number of carbonyl (C=O) groups is 1. The van der Waals surface area contributed by atoms with Gasteiger partial charge in [-0.25, -0.2) is 8.42 Å². The average molecular weight is 357 g/mol. The van der Waals surface area contributed by atoms with Gasteiger partial charge in [0.25, 0.3) is 0 Å². The monoisotopic (exact) mass is 356 g/mol. The van der Waals surface area contributed by atoms with E-state index in [2.05, 4.69) is 11.8 Å². The number of hydrogen-bond donors (Lipinski definition) is 0. The molecule has 126 valence electrons. The molecule has 1 aromatic rings. The molecular weight excluding hydrogens is 336 g/mol. The van der Waals surface area contributed by atoms with Crippen molar-refractivity contribution in [3.05, 3.63) is 29.3 Å². The molecule has 7 heteroatoms. The standard InChI is InChI=1S/C16H21ClN2O3S/c1-3-11(2)18-8-16(20)19(13-6-4-12(17)5-7-13)15-10-23(21,22)9-14(15)18/h4-7,11,14-15H,3,8-10H2,1-2H3/t11?,14-,15+/m0/s1. The zero-order chi connectivity index (χ0) is 16.8. The molecule has 0 aliphatic carbocycles. The third-order valence-electron chi connectivity index (χ3n) is 4.90. The van der Waals surface area contributed by atoms with Crippen molar-refractivity contribution in [1.82, 2.24) is 4.90 Å². The first-order chi connectivity index (χ1) is 10.8. The summed E-state index contributed by atoms with van der Waals surface area (Å²) in [6, 6.07) is 6.74. The maximum absolute atomic E-state index is 12.7. The molecule has 5 nitrogen and oxygen atoms in total. The van der Waals surface area contributed by atoms with Crippen LogP contribution in [0.3, 0.4) is 0 Å². The van der Waals surface area contributed by atoms with Crippen LogP contribution in [0.15, 0.2) is 24.3 Å². The summed E-state index contributed by atoms with van der Waals surface area (Å²) in [6.45, 7) is 4.36. The van der Waals surface area contributed by atoms with E-state index in [1.807, 2.05) is 6.92 Å². The Kier molecular flexibility index (Phi) is 4.42. The second-order valence-electron chi connectivity index (χ2n) is 6.38. The topological polar surface area (TPSA) is 57.7 Å². The molecule has 0 N–H and O–H groups in total. The van der Waals surface area contributed by atoms with Crippen LogP contribution in [0.2, 0.25) is 5.02 Å². The van der Waals surface area contributed by atoms with Crippen molar-refractivity contribution in [2.24, 2.45) is 0 Å². The Morgan fingerprint density at radius 1 is 1.22 bits per heavy atom. The van der Waals surface area contributed by atoms with E-state index < -0.39 is 9.84 Å².